The van der Waals surface area contributed by atoms with Gasteiger partial charge in [0.25, 0.3) is 0 Å². The number of carbonyl (C=O) groups is 1. The molecule has 2 heterocycles. The molecule has 1 aromatic carbocycles. The quantitative estimate of drug-likeness (QED) is 0.711. The van der Waals surface area contributed by atoms with Crippen LogP contribution in [0.5, 0.6) is 5.75 Å². The van der Waals surface area contributed by atoms with Crippen LogP contribution >= 0.6 is 0 Å². The van der Waals surface area contributed by atoms with Crippen molar-refractivity contribution in [1.82, 2.24) is 15.6 Å². The van der Waals surface area contributed by atoms with E-state index in [4.69, 9.17) is 4.74 Å². The van der Waals surface area contributed by atoms with Gasteiger partial charge in [0.15, 0.2) is 0 Å². The molecule has 23 heavy (non-hydrogen) atoms. The van der Waals surface area contributed by atoms with Crippen LogP contribution in [-0.4, -0.2) is 36.8 Å². The van der Waals surface area contributed by atoms with E-state index in [9.17, 15) is 4.79 Å². The number of hydrogen-bond acceptors (Lipinski definition) is 4. The van der Waals surface area contributed by atoms with Gasteiger partial charge in [0.1, 0.15) is 17.7 Å². The Hall–Kier alpha value is -2.76. The zero-order valence-electron chi connectivity index (χ0n) is 12.8. The number of urea groups is 1. The Kier molecular flexibility index (Phi) is 4.93. The van der Waals surface area contributed by atoms with Gasteiger partial charge >= 0.3 is 6.03 Å². The maximum atomic E-state index is 11.8. The molecule has 1 atom stereocenters. The van der Waals surface area contributed by atoms with Crippen molar-refractivity contribution in [3.8, 4) is 5.75 Å². The average Bonchev–Trinajstić information content (AvgIpc) is 3.01. The summed E-state index contributed by atoms with van der Waals surface area (Å²) in [5.41, 5.74) is 1.19. The number of aromatic nitrogens is 1. The highest BCUT2D eigenvalue weighted by Gasteiger charge is 2.22. The fourth-order valence-electron chi connectivity index (χ4n) is 2.47. The molecule has 6 heteroatoms. The molecule has 6 nitrogen and oxygen atoms in total. The van der Waals surface area contributed by atoms with Crippen molar-refractivity contribution in [2.45, 2.75) is 12.5 Å². The van der Waals surface area contributed by atoms with E-state index in [1.807, 2.05) is 36.4 Å². The van der Waals surface area contributed by atoms with E-state index < -0.39 is 0 Å². The third-order valence-electron chi connectivity index (χ3n) is 3.59. The van der Waals surface area contributed by atoms with Crippen LogP contribution in [-0.2, 0) is 6.42 Å². The van der Waals surface area contributed by atoms with Crippen LogP contribution in [0.2, 0.25) is 0 Å². The number of rotatable bonds is 6. The fourth-order valence-corrected chi connectivity index (χ4v) is 2.47. The number of fused-ring (bicyclic) bond motifs is 1. The lowest BCUT2D eigenvalue weighted by molar-refractivity contribution is 0.214. The first-order valence-corrected chi connectivity index (χ1v) is 7.72. The summed E-state index contributed by atoms with van der Waals surface area (Å²) < 4.78 is 5.78. The lowest BCUT2D eigenvalue weighted by atomic mass is 10.1. The molecule has 2 amide bonds. The van der Waals surface area contributed by atoms with Crippen LogP contribution in [0.15, 0.2) is 48.7 Å². The van der Waals surface area contributed by atoms with Crippen molar-refractivity contribution >= 4 is 11.8 Å². The molecule has 0 aliphatic carbocycles. The zero-order valence-corrected chi connectivity index (χ0v) is 12.8. The number of para-hydroxylation sites is 1. The van der Waals surface area contributed by atoms with Gasteiger partial charge in [-0.05, 0) is 23.8 Å². The van der Waals surface area contributed by atoms with Gasteiger partial charge < -0.3 is 20.7 Å². The Morgan fingerprint density at radius 2 is 2.00 bits per heavy atom. The number of carbonyl (C=O) groups excluding carboxylic acids is 1. The molecule has 0 bridgehead atoms. The van der Waals surface area contributed by atoms with Gasteiger partial charge in [-0.25, -0.2) is 9.78 Å². The lowest BCUT2D eigenvalue weighted by Crippen LogP contribution is -2.42. The predicted molar refractivity (Wildman–Crippen MR) is 88.7 cm³/mol. The first kappa shape index (κ1) is 15.1. The SMILES string of the molecule is O=C(NCCNc1ccccn1)NC[C@@H]1Cc2ccccc2O1. The van der Waals surface area contributed by atoms with Crippen molar-refractivity contribution in [2.75, 3.05) is 25.0 Å². The minimum atomic E-state index is -0.188. The van der Waals surface area contributed by atoms with Crippen LogP contribution in [0.4, 0.5) is 10.6 Å². The van der Waals surface area contributed by atoms with Gasteiger partial charge in [0.05, 0.1) is 6.54 Å². The summed E-state index contributed by atoms with van der Waals surface area (Å²) in [6, 6.07) is 13.4. The molecule has 1 aromatic heterocycles. The highest BCUT2D eigenvalue weighted by atomic mass is 16.5. The van der Waals surface area contributed by atoms with Crippen molar-refractivity contribution in [3.63, 3.8) is 0 Å². The molecule has 3 N–H and O–H groups in total. The van der Waals surface area contributed by atoms with Gasteiger partial charge in [-0.15, -0.1) is 0 Å². The van der Waals surface area contributed by atoms with E-state index in [-0.39, 0.29) is 12.1 Å². The van der Waals surface area contributed by atoms with Gasteiger partial charge in [-0.1, -0.05) is 24.3 Å². The molecule has 1 aliphatic heterocycles. The largest absolute Gasteiger partial charge is 0.488 e. The Bertz CT molecular complexity index is 623. The summed E-state index contributed by atoms with van der Waals surface area (Å²) in [5, 5.41) is 8.77. The van der Waals surface area contributed by atoms with Crippen LogP contribution in [0.1, 0.15) is 5.56 Å². The Morgan fingerprint density at radius 1 is 1.13 bits per heavy atom. The first-order valence-electron chi connectivity index (χ1n) is 7.72. The summed E-state index contributed by atoms with van der Waals surface area (Å²) in [6.45, 7) is 1.64. The van der Waals surface area contributed by atoms with Crippen LogP contribution in [0.25, 0.3) is 0 Å². The molecule has 0 unspecified atom stereocenters. The maximum absolute atomic E-state index is 11.8. The Morgan fingerprint density at radius 3 is 2.83 bits per heavy atom. The lowest BCUT2D eigenvalue weighted by Gasteiger charge is -2.13. The second-order valence-electron chi connectivity index (χ2n) is 5.33. The molecule has 120 valence electrons. The monoisotopic (exact) mass is 312 g/mol. The van der Waals surface area contributed by atoms with Crippen LogP contribution < -0.4 is 20.7 Å². The Labute approximate surface area is 135 Å². The number of anilines is 1. The molecule has 3 rings (SSSR count). The standard InChI is InChI=1S/C17H20N4O2/c22-17(20-10-9-19-16-7-3-4-8-18-16)21-12-14-11-13-5-1-2-6-15(13)23-14/h1-8,14H,9-12H2,(H,18,19)(H2,20,21,22)/t14-/m0/s1. The van der Waals surface area contributed by atoms with Gasteiger partial charge in [0.2, 0.25) is 0 Å². The van der Waals surface area contributed by atoms with Crippen molar-refractivity contribution in [2.24, 2.45) is 0 Å². The summed E-state index contributed by atoms with van der Waals surface area (Å²) in [7, 11) is 0. The van der Waals surface area contributed by atoms with E-state index >= 15 is 0 Å². The summed E-state index contributed by atoms with van der Waals surface area (Å²) in [6.07, 6.45) is 2.56. The fraction of sp³-hybridized carbons (Fsp3) is 0.294. The number of pyridine rings is 1. The van der Waals surface area contributed by atoms with E-state index in [0.717, 1.165) is 18.0 Å². The molecule has 2 aromatic rings. The summed E-state index contributed by atoms with van der Waals surface area (Å²) in [5.74, 6) is 1.71. The molecule has 0 spiro atoms. The molecular weight excluding hydrogens is 292 g/mol. The third-order valence-corrected chi connectivity index (χ3v) is 3.59. The second kappa shape index (κ2) is 7.49. The third kappa shape index (κ3) is 4.35. The number of benzene rings is 1. The van der Waals surface area contributed by atoms with Gasteiger partial charge in [-0.2, -0.15) is 0 Å². The normalized spacial score (nSPS) is 15.4. The zero-order chi connectivity index (χ0) is 15.9. The van der Waals surface area contributed by atoms with Gasteiger partial charge in [-0.3, -0.25) is 0 Å². The summed E-state index contributed by atoms with van der Waals surface area (Å²) >= 11 is 0. The Balaban J connectivity index is 1.30. The average molecular weight is 312 g/mol. The number of nitrogens with zero attached hydrogens (tertiary/aromatic N) is 1. The molecule has 0 saturated heterocycles. The number of ether oxygens (including phenoxy) is 1. The van der Waals surface area contributed by atoms with E-state index in [1.165, 1.54) is 5.56 Å². The van der Waals surface area contributed by atoms with E-state index in [2.05, 4.69) is 27.0 Å². The van der Waals surface area contributed by atoms with Crippen molar-refractivity contribution in [3.05, 3.63) is 54.2 Å². The maximum Gasteiger partial charge on any atom is 0.314 e. The minimum absolute atomic E-state index is 0.00444. The molecular formula is C17H20N4O2. The smallest absolute Gasteiger partial charge is 0.314 e. The number of nitrogens with one attached hydrogen (secondary N) is 3. The predicted octanol–water partition coefficient (Wildman–Crippen LogP) is 1.80. The van der Waals surface area contributed by atoms with Crippen molar-refractivity contribution in [1.29, 1.82) is 0 Å². The number of amides is 2. The van der Waals surface area contributed by atoms with E-state index in [0.29, 0.717) is 19.6 Å². The van der Waals surface area contributed by atoms with Crippen molar-refractivity contribution < 1.29 is 9.53 Å². The summed E-state index contributed by atoms with van der Waals surface area (Å²) in [4.78, 5) is 15.9. The molecule has 0 radical (unpaired) electrons. The molecule has 0 saturated carbocycles. The number of hydrogen-bond donors (Lipinski definition) is 3. The van der Waals surface area contributed by atoms with E-state index in [1.54, 1.807) is 6.20 Å². The first-order chi connectivity index (χ1) is 11.3. The van der Waals surface area contributed by atoms with Gasteiger partial charge in [0, 0.05) is 25.7 Å². The van der Waals surface area contributed by atoms with Crippen LogP contribution in [0, 0.1) is 0 Å². The topological polar surface area (TPSA) is 75.3 Å². The second-order valence-corrected chi connectivity index (χ2v) is 5.33. The molecule has 0 fully saturated rings. The van der Waals surface area contributed by atoms with Crippen LogP contribution in [0.3, 0.4) is 0 Å². The minimum Gasteiger partial charge on any atom is -0.488 e. The highest BCUT2D eigenvalue weighted by molar-refractivity contribution is 5.73. The highest BCUT2D eigenvalue weighted by Crippen LogP contribution is 2.27. The molecule has 1 aliphatic rings.